The number of rotatable bonds is 2. The highest BCUT2D eigenvalue weighted by atomic mass is 15.2. The van der Waals surface area contributed by atoms with Crippen LogP contribution in [0, 0.1) is 0 Å². The maximum absolute atomic E-state index is 5.06. The van der Waals surface area contributed by atoms with Gasteiger partial charge in [0.25, 0.3) is 0 Å². The van der Waals surface area contributed by atoms with Gasteiger partial charge in [0.1, 0.15) is 5.84 Å². The third-order valence-corrected chi connectivity index (χ3v) is 4.71. The molecule has 2 aliphatic rings. The molecule has 2 N–H and O–H groups in total. The van der Waals surface area contributed by atoms with E-state index in [1.165, 1.54) is 37.8 Å². The van der Waals surface area contributed by atoms with Gasteiger partial charge in [-0.25, -0.2) is 0 Å². The van der Waals surface area contributed by atoms with Gasteiger partial charge in [-0.15, -0.1) is 0 Å². The molecule has 1 aromatic rings. The van der Waals surface area contributed by atoms with Crippen molar-refractivity contribution >= 4 is 17.2 Å². The molecule has 3 rings (SSSR count). The van der Waals surface area contributed by atoms with Crippen LogP contribution >= 0.6 is 0 Å². The summed E-state index contributed by atoms with van der Waals surface area (Å²) in [7, 11) is 0. The van der Waals surface area contributed by atoms with Crippen LogP contribution < -0.4 is 10.6 Å². The lowest BCUT2D eigenvalue weighted by molar-refractivity contribution is 0.440. The highest BCUT2D eigenvalue weighted by Gasteiger charge is 2.34. The number of amidine groups is 1. The summed E-state index contributed by atoms with van der Waals surface area (Å²) in [4.78, 5) is 5.06. The van der Waals surface area contributed by atoms with Crippen LogP contribution in [0.3, 0.4) is 0 Å². The first kappa shape index (κ1) is 13.5. The molecular weight excluding hydrogens is 246 g/mol. The molecule has 1 aliphatic heterocycles. The first-order valence-corrected chi connectivity index (χ1v) is 7.94. The number of benzene rings is 1. The predicted molar refractivity (Wildman–Crippen MR) is 86.7 cm³/mol. The van der Waals surface area contributed by atoms with E-state index in [2.05, 4.69) is 48.7 Å². The maximum atomic E-state index is 5.06. The van der Waals surface area contributed by atoms with Crippen LogP contribution in [0.4, 0.5) is 11.4 Å². The molecule has 0 radical (unpaired) electrons. The van der Waals surface area contributed by atoms with Gasteiger partial charge >= 0.3 is 0 Å². The maximum Gasteiger partial charge on any atom is 0.127 e. The summed E-state index contributed by atoms with van der Waals surface area (Å²) < 4.78 is 0. The molecule has 1 saturated carbocycles. The number of fused-ring (bicyclic) bond motifs is 1. The third-order valence-electron chi connectivity index (χ3n) is 4.71. The Morgan fingerprint density at radius 2 is 1.85 bits per heavy atom. The minimum atomic E-state index is -0.0776. The lowest BCUT2D eigenvalue weighted by Crippen LogP contribution is -2.50. The number of nitrogens with one attached hydrogen (secondary N) is 2. The lowest BCUT2D eigenvalue weighted by atomic mass is 9.91. The average molecular weight is 271 g/mol. The van der Waals surface area contributed by atoms with E-state index in [4.69, 9.17) is 4.99 Å². The van der Waals surface area contributed by atoms with Gasteiger partial charge in [-0.2, -0.15) is 0 Å². The van der Waals surface area contributed by atoms with E-state index < -0.39 is 0 Å². The van der Waals surface area contributed by atoms with Crippen LogP contribution in [0.15, 0.2) is 29.3 Å². The Hall–Kier alpha value is -1.51. The molecule has 1 fully saturated rings. The molecule has 108 valence electrons. The van der Waals surface area contributed by atoms with E-state index in [1.807, 2.05) is 0 Å². The summed E-state index contributed by atoms with van der Waals surface area (Å²) in [6.45, 7) is 4.47. The summed E-state index contributed by atoms with van der Waals surface area (Å²) in [6, 6.07) is 8.90. The molecule has 0 aromatic heterocycles. The van der Waals surface area contributed by atoms with Gasteiger partial charge in [0.15, 0.2) is 0 Å². The van der Waals surface area contributed by atoms with Gasteiger partial charge in [-0.1, -0.05) is 38.3 Å². The average Bonchev–Trinajstić information content (AvgIpc) is 2.49. The zero-order chi connectivity index (χ0) is 14.0. The Balaban J connectivity index is 1.90. The molecule has 1 heterocycles. The molecular formula is C17H25N3. The molecule has 0 spiro atoms. The Morgan fingerprint density at radius 3 is 2.55 bits per heavy atom. The van der Waals surface area contributed by atoms with Crippen molar-refractivity contribution in [1.82, 2.24) is 0 Å². The normalized spacial score (nSPS) is 28.6. The quantitative estimate of drug-likeness (QED) is 0.835. The number of hydrogen-bond donors (Lipinski definition) is 2. The number of nitrogens with zero attached hydrogens (tertiary/aromatic N) is 1. The van der Waals surface area contributed by atoms with Gasteiger partial charge in [0.2, 0.25) is 0 Å². The molecule has 20 heavy (non-hydrogen) atoms. The second-order valence-electron chi connectivity index (χ2n) is 6.25. The Labute approximate surface area is 121 Å². The van der Waals surface area contributed by atoms with Crippen LogP contribution in [0.5, 0.6) is 0 Å². The topological polar surface area (TPSA) is 36.4 Å². The van der Waals surface area contributed by atoms with E-state index in [1.54, 1.807) is 0 Å². The van der Waals surface area contributed by atoms with Crippen molar-refractivity contribution in [3.05, 3.63) is 24.3 Å². The predicted octanol–water partition coefficient (Wildman–Crippen LogP) is 4.42. The first-order chi connectivity index (χ1) is 9.71. The minimum Gasteiger partial charge on any atom is -0.371 e. The lowest BCUT2D eigenvalue weighted by Gasteiger charge is -2.39. The van der Waals surface area contributed by atoms with Crippen LogP contribution in [0.25, 0.3) is 0 Å². The monoisotopic (exact) mass is 271 g/mol. The molecule has 3 nitrogen and oxygen atoms in total. The molecule has 1 aliphatic carbocycles. The summed E-state index contributed by atoms with van der Waals surface area (Å²) in [5.41, 5.74) is 2.25. The largest absolute Gasteiger partial charge is 0.371 e. The zero-order valence-electron chi connectivity index (χ0n) is 12.6. The van der Waals surface area contributed by atoms with E-state index in [-0.39, 0.29) is 5.54 Å². The van der Waals surface area contributed by atoms with Gasteiger partial charge in [0.05, 0.1) is 23.0 Å². The van der Waals surface area contributed by atoms with E-state index in [0.717, 1.165) is 17.9 Å². The van der Waals surface area contributed by atoms with Crippen molar-refractivity contribution in [2.75, 3.05) is 10.6 Å². The van der Waals surface area contributed by atoms with Crippen LogP contribution in [0.1, 0.15) is 52.4 Å². The molecule has 3 heteroatoms. The standard InChI is InChI=1S/C17H25N3/c1-3-17(2)16(18-13-9-5-4-6-10-13)19-14-11-7-8-12-15(14)20-17/h7-8,11-13,20H,3-6,9-10H2,1-2H3,(H,18,19). The smallest absolute Gasteiger partial charge is 0.127 e. The molecule has 0 amide bonds. The summed E-state index contributed by atoms with van der Waals surface area (Å²) >= 11 is 0. The van der Waals surface area contributed by atoms with Gasteiger partial charge in [-0.05, 0) is 38.3 Å². The van der Waals surface area contributed by atoms with Crippen molar-refractivity contribution in [2.45, 2.75) is 64.0 Å². The molecule has 1 unspecified atom stereocenters. The fraction of sp³-hybridized carbons (Fsp3) is 0.588. The van der Waals surface area contributed by atoms with Crippen LogP contribution in [-0.4, -0.2) is 17.4 Å². The summed E-state index contributed by atoms with van der Waals surface area (Å²) in [6.07, 6.45) is 7.54. The van der Waals surface area contributed by atoms with Crippen molar-refractivity contribution in [3.8, 4) is 0 Å². The van der Waals surface area contributed by atoms with Crippen molar-refractivity contribution < 1.29 is 0 Å². The first-order valence-electron chi connectivity index (χ1n) is 7.94. The Morgan fingerprint density at radius 1 is 1.15 bits per heavy atom. The molecule has 0 saturated heterocycles. The number of hydrogen-bond acceptors (Lipinski definition) is 2. The van der Waals surface area contributed by atoms with Gasteiger partial charge in [0, 0.05) is 0 Å². The summed E-state index contributed by atoms with van der Waals surface area (Å²) in [5, 5.41) is 7.24. The van der Waals surface area contributed by atoms with E-state index in [0.29, 0.717) is 6.04 Å². The van der Waals surface area contributed by atoms with E-state index in [9.17, 15) is 0 Å². The fourth-order valence-electron chi connectivity index (χ4n) is 3.15. The summed E-state index contributed by atoms with van der Waals surface area (Å²) in [5.74, 6) is 1.12. The fourth-order valence-corrected chi connectivity index (χ4v) is 3.15. The van der Waals surface area contributed by atoms with Crippen molar-refractivity contribution in [1.29, 1.82) is 0 Å². The highest BCUT2D eigenvalue weighted by molar-refractivity contribution is 6.09. The number of aliphatic imine (C=N–C) groups is 1. The van der Waals surface area contributed by atoms with Crippen LogP contribution in [-0.2, 0) is 0 Å². The Bertz CT molecular complexity index is 503. The number of anilines is 2. The highest BCUT2D eigenvalue weighted by Crippen LogP contribution is 2.33. The third kappa shape index (κ3) is 2.54. The van der Waals surface area contributed by atoms with Gasteiger partial charge in [-0.3, -0.25) is 4.99 Å². The molecule has 1 atom stereocenters. The van der Waals surface area contributed by atoms with E-state index >= 15 is 0 Å². The Kier molecular flexibility index (Phi) is 3.68. The minimum absolute atomic E-state index is 0.0776. The zero-order valence-corrected chi connectivity index (χ0v) is 12.6. The second-order valence-corrected chi connectivity index (χ2v) is 6.25. The molecule has 1 aromatic carbocycles. The van der Waals surface area contributed by atoms with Crippen molar-refractivity contribution in [2.24, 2.45) is 4.99 Å². The SMILES string of the molecule is CCC1(C)Nc2ccccc2NC1=NC1CCCCC1. The number of para-hydroxylation sites is 2. The van der Waals surface area contributed by atoms with Gasteiger partial charge < -0.3 is 10.6 Å². The second kappa shape index (κ2) is 5.47. The molecule has 0 bridgehead atoms. The van der Waals surface area contributed by atoms with Crippen LogP contribution in [0.2, 0.25) is 0 Å². The van der Waals surface area contributed by atoms with Crippen molar-refractivity contribution in [3.63, 3.8) is 0 Å².